The van der Waals surface area contributed by atoms with Crippen LogP contribution in [0.3, 0.4) is 0 Å². The molecule has 2 unspecified atom stereocenters. The topological polar surface area (TPSA) is 50.7 Å². The predicted molar refractivity (Wildman–Crippen MR) is 79.8 cm³/mol. The Bertz CT molecular complexity index is 269. The Labute approximate surface area is 123 Å². The van der Waals surface area contributed by atoms with Crippen LogP contribution in [0.4, 0.5) is 0 Å². The largest absolute Gasteiger partial charge is 0.392 e. The van der Waals surface area contributed by atoms with Crippen molar-refractivity contribution in [1.82, 2.24) is 5.32 Å². The van der Waals surface area contributed by atoms with Crippen molar-refractivity contribution < 1.29 is 14.6 Å². The molecule has 2 aliphatic rings. The second-order valence-corrected chi connectivity index (χ2v) is 6.39. The number of nitrogens with one attached hydrogen (secondary N) is 1. The van der Waals surface area contributed by atoms with Gasteiger partial charge in [0.15, 0.2) is 0 Å². The Kier molecular flexibility index (Phi) is 6.27. The molecule has 118 valence electrons. The van der Waals surface area contributed by atoms with E-state index in [1.807, 2.05) is 0 Å². The summed E-state index contributed by atoms with van der Waals surface area (Å²) in [5, 5.41) is 13.8. The van der Waals surface area contributed by atoms with Crippen molar-refractivity contribution in [3.8, 4) is 0 Å². The summed E-state index contributed by atoms with van der Waals surface area (Å²) < 4.78 is 11.5. The molecule has 2 aliphatic heterocycles. The molecule has 2 saturated heterocycles. The molecule has 4 nitrogen and oxygen atoms in total. The molecule has 0 amide bonds. The first-order valence-corrected chi connectivity index (χ1v) is 8.32. The average molecular weight is 285 g/mol. The van der Waals surface area contributed by atoms with Gasteiger partial charge in [0.05, 0.1) is 11.7 Å². The first kappa shape index (κ1) is 16.2. The highest BCUT2D eigenvalue weighted by Crippen LogP contribution is 2.34. The van der Waals surface area contributed by atoms with Crippen molar-refractivity contribution >= 4 is 0 Å². The molecule has 0 aromatic carbocycles. The van der Waals surface area contributed by atoms with Gasteiger partial charge in [-0.15, -0.1) is 0 Å². The van der Waals surface area contributed by atoms with Crippen molar-refractivity contribution in [3.05, 3.63) is 0 Å². The maximum atomic E-state index is 10.2. The Morgan fingerprint density at radius 3 is 2.55 bits per heavy atom. The second-order valence-electron chi connectivity index (χ2n) is 6.39. The fourth-order valence-electron chi connectivity index (χ4n) is 3.58. The Morgan fingerprint density at radius 1 is 1.20 bits per heavy atom. The fourth-order valence-corrected chi connectivity index (χ4v) is 3.58. The SMILES string of the molecule is CCC(CC)C(O)CNC1CCOC2(CCOCC2)C1. The molecule has 0 radical (unpaired) electrons. The van der Waals surface area contributed by atoms with E-state index in [9.17, 15) is 5.11 Å². The van der Waals surface area contributed by atoms with E-state index in [4.69, 9.17) is 9.47 Å². The molecule has 0 saturated carbocycles. The summed E-state index contributed by atoms with van der Waals surface area (Å²) in [6, 6.07) is 0.478. The average Bonchev–Trinajstić information content (AvgIpc) is 2.47. The smallest absolute Gasteiger partial charge is 0.0741 e. The summed E-state index contributed by atoms with van der Waals surface area (Å²) in [6.45, 7) is 7.50. The first-order valence-electron chi connectivity index (χ1n) is 8.32. The van der Waals surface area contributed by atoms with Gasteiger partial charge in [-0.1, -0.05) is 26.7 Å². The highest BCUT2D eigenvalue weighted by molar-refractivity contribution is 4.92. The Balaban J connectivity index is 1.78. The molecule has 0 aromatic heterocycles. The van der Waals surface area contributed by atoms with E-state index in [-0.39, 0.29) is 11.7 Å². The second kappa shape index (κ2) is 7.74. The number of hydrogen-bond donors (Lipinski definition) is 2. The van der Waals surface area contributed by atoms with E-state index in [1.165, 1.54) is 0 Å². The van der Waals surface area contributed by atoms with Gasteiger partial charge in [0.25, 0.3) is 0 Å². The maximum Gasteiger partial charge on any atom is 0.0741 e. The molecule has 0 bridgehead atoms. The zero-order valence-electron chi connectivity index (χ0n) is 13.1. The van der Waals surface area contributed by atoms with Gasteiger partial charge in [-0.2, -0.15) is 0 Å². The highest BCUT2D eigenvalue weighted by atomic mass is 16.5. The van der Waals surface area contributed by atoms with Gasteiger partial charge in [-0.05, 0) is 31.6 Å². The first-order chi connectivity index (χ1) is 9.69. The van der Waals surface area contributed by atoms with Crippen LogP contribution in [-0.4, -0.2) is 49.2 Å². The summed E-state index contributed by atoms with van der Waals surface area (Å²) in [5.41, 5.74) is 0.0357. The van der Waals surface area contributed by atoms with Gasteiger partial charge in [-0.25, -0.2) is 0 Å². The summed E-state index contributed by atoms with van der Waals surface area (Å²) in [5.74, 6) is 0.416. The molecule has 2 heterocycles. The molecular weight excluding hydrogens is 254 g/mol. The van der Waals surface area contributed by atoms with Crippen LogP contribution in [0.25, 0.3) is 0 Å². The molecular formula is C16H31NO3. The third-order valence-electron chi connectivity index (χ3n) is 5.11. The molecule has 4 heteroatoms. The predicted octanol–water partition coefficient (Wildman–Crippen LogP) is 2.10. The van der Waals surface area contributed by atoms with Crippen molar-refractivity contribution in [2.75, 3.05) is 26.4 Å². The summed E-state index contributed by atoms with van der Waals surface area (Å²) in [4.78, 5) is 0. The van der Waals surface area contributed by atoms with Crippen molar-refractivity contribution in [2.45, 2.75) is 70.1 Å². The van der Waals surface area contributed by atoms with Gasteiger partial charge >= 0.3 is 0 Å². The van der Waals surface area contributed by atoms with Crippen LogP contribution in [0, 0.1) is 5.92 Å². The standard InChI is InChI=1S/C16H31NO3/c1-3-13(4-2)15(18)12-17-14-5-8-20-16(11-14)6-9-19-10-7-16/h13-15,17-18H,3-12H2,1-2H3. The van der Waals surface area contributed by atoms with Crippen LogP contribution in [-0.2, 0) is 9.47 Å². The number of ether oxygens (including phenoxy) is 2. The lowest BCUT2D eigenvalue weighted by Crippen LogP contribution is -2.51. The Morgan fingerprint density at radius 2 is 1.90 bits per heavy atom. The molecule has 2 fully saturated rings. The lowest BCUT2D eigenvalue weighted by molar-refractivity contribution is -0.140. The summed E-state index contributed by atoms with van der Waals surface area (Å²) in [7, 11) is 0. The van der Waals surface area contributed by atoms with Crippen LogP contribution in [0.15, 0.2) is 0 Å². The number of aliphatic hydroxyl groups excluding tert-OH is 1. The zero-order valence-corrected chi connectivity index (χ0v) is 13.1. The van der Waals surface area contributed by atoms with Gasteiger partial charge in [0, 0.05) is 32.4 Å². The van der Waals surface area contributed by atoms with Gasteiger partial charge in [0.2, 0.25) is 0 Å². The van der Waals surface area contributed by atoms with Crippen LogP contribution < -0.4 is 5.32 Å². The summed E-state index contributed by atoms with van der Waals surface area (Å²) >= 11 is 0. The van der Waals surface area contributed by atoms with E-state index < -0.39 is 0 Å². The maximum absolute atomic E-state index is 10.2. The quantitative estimate of drug-likeness (QED) is 0.785. The van der Waals surface area contributed by atoms with E-state index in [0.29, 0.717) is 18.5 Å². The lowest BCUT2D eigenvalue weighted by atomic mass is 9.84. The molecule has 2 atom stereocenters. The van der Waals surface area contributed by atoms with Gasteiger partial charge in [-0.3, -0.25) is 0 Å². The van der Waals surface area contributed by atoms with Crippen LogP contribution in [0.5, 0.6) is 0 Å². The van der Waals surface area contributed by atoms with Crippen molar-refractivity contribution in [1.29, 1.82) is 0 Å². The highest BCUT2D eigenvalue weighted by Gasteiger charge is 2.38. The normalized spacial score (nSPS) is 27.9. The van der Waals surface area contributed by atoms with Gasteiger partial charge in [0.1, 0.15) is 0 Å². The van der Waals surface area contributed by atoms with E-state index in [0.717, 1.165) is 58.3 Å². The van der Waals surface area contributed by atoms with Crippen LogP contribution >= 0.6 is 0 Å². The molecule has 0 aliphatic carbocycles. The van der Waals surface area contributed by atoms with E-state index >= 15 is 0 Å². The van der Waals surface area contributed by atoms with Crippen LogP contribution in [0.1, 0.15) is 52.4 Å². The van der Waals surface area contributed by atoms with E-state index in [2.05, 4.69) is 19.2 Å². The number of rotatable bonds is 6. The zero-order chi connectivity index (χ0) is 14.4. The molecule has 2 N–H and O–H groups in total. The number of aliphatic hydroxyl groups is 1. The van der Waals surface area contributed by atoms with Crippen LogP contribution in [0.2, 0.25) is 0 Å². The minimum Gasteiger partial charge on any atom is -0.392 e. The summed E-state index contributed by atoms with van der Waals surface area (Å²) in [6.07, 6.45) is 6.02. The monoisotopic (exact) mass is 285 g/mol. The molecule has 2 rings (SSSR count). The third kappa shape index (κ3) is 4.17. The van der Waals surface area contributed by atoms with Crippen molar-refractivity contribution in [3.63, 3.8) is 0 Å². The minimum absolute atomic E-state index is 0.0357. The minimum atomic E-state index is -0.224. The number of hydrogen-bond acceptors (Lipinski definition) is 4. The van der Waals surface area contributed by atoms with E-state index in [1.54, 1.807) is 0 Å². The Hall–Kier alpha value is -0.160. The third-order valence-corrected chi connectivity index (χ3v) is 5.11. The fraction of sp³-hybridized carbons (Fsp3) is 1.00. The van der Waals surface area contributed by atoms with Gasteiger partial charge < -0.3 is 19.9 Å². The molecule has 0 aromatic rings. The lowest BCUT2D eigenvalue weighted by Gasteiger charge is -2.43. The van der Waals surface area contributed by atoms with Crippen molar-refractivity contribution in [2.24, 2.45) is 5.92 Å². The molecule has 20 heavy (non-hydrogen) atoms. The molecule has 1 spiro atoms.